The molecular weight excluding hydrogens is 406 g/mol. The number of aryl methyl sites for hydroxylation is 1. The zero-order valence-corrected chi connectivity index (χ0v) is 17.0. The Balaban J connectivity index is 1.55. The van der Waals surface area contributed by atoms with Crippen molar-refractivity contribution in [2.24, 2.45) is 7.05 Å². The maximum absolute atomic E-state index is 12.9. The number of fused-ring (bicyclic) bond motifs is 3. The van der Waals surface area contributed by atoms with Crippen LogP contribution in [-0.4, -0.2) is 36.2 Å². The van der Waals surface area contributed by atoms with Gasteiger partial charge in [0.25, 0.3) is 0 Å². The number of hydrogen-bond acceptors (Lipinski definition) is 7. The molecule has 0 amide bonds. The third-order valence-corrected chi connectivity index (χ3v) is 6.39. The largest absolute Gasteiger partial charge is 0.335 e. The highest BCUT2D eigenvalue weighted by Gasteiger charge is 2.43. The van der Waals surface area contributed by atoms with Gasteiger partial charge in [0.15, 0.2) is 5.65 Å². The summed E-state index contributed by atoms with van der Waals surface area (Å²) in [4.78, 5) is 40.8. The summed E-state index contributed by atoms with van der Waals surface area (Å²) in [6.45, 7) is 0. The number of anilines is 1. The molecule has 0 aromatic carbocycles. The second-order valence-corrected chi connectivity index (χ2v) is 8.27. The quantitative estimate of drug-likeness (QED) is 0.578. The predicted octanol–water partition coefficient (Wildman–Crippen LogP) is 1.78. The summed E-state index contributed by atoms with van der Waals surface area (Å²) in [5, 5.41) is 9.38. The normalized spacial score (nSPS) is 23.0. The first-order valence-corrected chi connectivity index (χ1v) is 10.1. The van der Waals surface area contributed by atoms with Gasteiger partial charge in [-0.1, -0.05) is 11.6 Å². The fourth-order valence-corrected chi connectivity index (χ4v) is 4.99. The lowest BCUT2D eigenvalue weighted by Crippen LogP contribution is -2.49. The maximum Gasteiger partial charge on any atom is 0.318 e. The topological polar surface area (TPSA) is 110 Å². The highest BCUT2D eigenvalue weighted by Crippen LogP contribution is 2.42. The number of hydrogen-bond donors (Lipinski definition) is 0. The number of rotatable bonds is 2. The second kappa shape index (κ2) is 6.92. The van der Waals surface area contributed by atoms with Crippen molar-refractivity contribution in [3.05, 3.63) is 56.0 Å². The van der Waals surface area contributed by atoms with E-state index in [4.69, 9.17) is 16.9 Å². The Morgan fingerprint density at radius 3 is 2.33 bits per heavy atom. The van der Waals surface area contributed by atoms with Crippen molar-refractivity contribution in [2.45, 2.75) is 43.8 Å². The predicted molar refractivity (Wildman–Crippen MR) is 111 cm³/mol. The van der Waals surface area contributed by atoms with Crippen molar-refractivity contribution in [3.8, 4) is 6.07 Å². The molecule has 2 bridgehead atoms. The van der Waals surface area contributed by atoms with E-state index in [0.29, 0.717) is 40.5 Å². The highest BCUT2D eigenvalue weighted by molar-refractivity contribution is 6.31. The molecule has 5 rings (SSSR count). The van der Waals surface area contributed by atoms with Crippen LogP contribution in [0.25, 0.3) is 11.2 Å². The summed E-state index contributed by atoms with van der Waals surface area (Å²) in [6, 6.07) is 3.86. The molecule has 2 aliphatic rings. The van der Waals surface area contributed by atoms with Crippen molar-refractivity contribution in [2.75, 3.05) is 4.90 Å². The van der Waals surface area contributed by atoms with Gasteiger partial charge in [0.1, 0.15) is 6.07 Å². The SMILES string of the molecule is Cn1c(=O)c(=O)n([C@H]2C[C@H]3CC[C@@H](C2)N3c2ncc(C#N)cn2)c2ncc(Cl)cc21. The standard InChI is InChI=1S/C20H18ClN7O2/c1-26-16-4-12(21)10-23-17(16)28(19(30)18(26)29)15-5-13-2-3-14(6-15)27(13)20-24-8-11(7-22)9-25-20/h4,8-10,13-15H,2-3,5-6H2,1H3/t13-,14+,15+. The van der Waals surface area contributed by atoms with E-state index in [1.807, 2.05) is 6.07 Å². The van der Waals surface area contributed by atoms with Gasteiger partial charge in [0, 0.05) is 31.4 Å². The molecule has 30 heavy (non-hydrogen) atoms. The molecule has 9 nitrogen and oxygen atoms in total. The monoisotopic (exact) mass is 423 g/mol. The van der Waals surface area contributed by atoms with E-state index in [1.165, 1.54) is 23.2 Å². The van der Waals surface area contributed by atoms with E-state index < -0.39 is 11.1 Å². The third kappa shape index (κ3) is 2.79. The number of pyridine rings is 1. The average molecular weight is 424 g/mol. The molecule has 0 radical (unpaired) electrons. The first-order valence-electron chi connectivity index (χ1n) is 9.75. The molecule has 0 N–H and O–H groups in total. The van der Waals surface area contributed by atoms with E-state index in [1.54, 1.807) is 17.7 Å². The van der Waals surface area contributed by atoms with Crippen LogP contribution in [0.15, 0.2) is 34.2 Å². The molecule has 10 heteroatoms. The van der Waals surface area contributed by atoms with Crippen LogP contribution in [0.1, 0.15) is 37.3 Å². The number of nitriles is 1. The van der Waals surface area contributed by atoms with Gasteiger partial charge in [0.05, 0.1) is 28.5 Å². The van der Waals surface area contributed by atoms with Crippen molar-refractivity contribution < 1.29 is 0 Å². The Morgan fingerprint density at radius 1 is 1.03 bits per heavy atom. The molecule has 3 aromatic heterocycles. The summed E-state index contributed by atoms with van der Waals surface area (Å²) in [7, 11) is 1.56. The summed E-state index contributed by atoms with van der Waals surface area (Å²) in [5.74, 6) is 0.603. The second-order valence-electron chi connectivity index (χ2n) is 7.84. The maximum atomic E-state index is 12.9. The number of nitrogens with zero attached hydrogens (tertiary/aromatic N) is 7. The Labute approximate surface area is 176 Å². The van der Waals surface area contributed by atoms with E-state index in [2.05, 4.69) is 19.9 Å². The first kappa shape index (κ1) is 18.8. The number of halogens is 1. The van der Waals surface area contributed by atoms with Gasteiger partial charge >= 0.3 is 11.1 Å². The van der Waals surface area contributed by atoms with Crippen LogP contribution in [0.3, 0.4) is 0 Å². The average Bonchev–Trinajstić information content (AvgIpc) is 3.02. The number of aromatic nitrogens is 5. The molecule has 0 aliphatic carbocycles. The van der Waals surface area contributed by atoms with Crippen LogP contribution >= 0.6 is 11.6 Å². The minimum atomic E-state index is -0.586. The molecule has 0 spiro atoms. The van der Waals surface area contributed by atoms with Crippen LogP contribution in [-0.2, 0) is 7.05 Å². The molecular formula is C20H18ClN7O2. The minimum absolute atomic E-state index is 0.144. The molecule has 3 aromatic rings. The van der Waals surface area contributed by atoms with E-state index in [9.17, 15) is 9.59 Å². The molecule has 3 atom stereocenters. The Kier molecular flexibility index (Phi) is 4.33. The van der Waals surface area contributed by atoms with Crippen LogP contribution in [0.2, 0.25) is 5.02 Å². The lowest BCUT2D eigenvalue weighted by molar-refractivity contribution is 0.330. The fourth-order valence-electron chi connectivity index (χ4n) is 4.84. The Bertz CT molecular complexity index is 1290. The van der Waals surface area contributed by atoms with Gasteiger partial charge in [-0.15, -0.1) is 0 Å². The van der Waals surface area contributed by atoms with Crippen LogP contribution < -0.4 is 16.0 Å². The molecule has 5 heterocycles. The molecule has 2 saturated heterocycles. The Hall–Kier alpha value is -3.25. The zero-order chi connectivity index (χ0) is 21.0. The van der Waals surface area contributed by atoms with Crippen molar-refractivity contribution in [1.29, 1.82) is 5.26 Å². The van der Waals surface area contributed by atoms with Gasteiger partial charge in [-0.3, -0.25) is 14.2 Å². The van der Waals surface area contributed by atoms with Gasteiger partial charge < -0.3 is 9.47 Å². The van der Waals surface area contributed by atoms with Crippen LogP contribution in [0.4, 0.5) is 5.95 Å². The lowest BCUT2D eigenvalue weighted by atomic mass is 9.97. The zero-order valence-electron chi connectivity index (χ0n) is 16.2. The van der Waals surface area contributed by atoms with Crippen molar-refractivity contribution in [3.63, 3.8) is 0 Å². The molecule has 2 aliphatic heterocycles. The Morgan fingerprint density at radius 2 is 1.70 bits per heavy atom. The third-order valence-electron chi connectivity index (χ3n) is 6.18. The van der Waals surface area contributed by atoms with E-state index >= 15 is 0 Å². The van der Waals surface area contributed by atoms with Gasteiger partial charge in [-0.05, 0) is 31.7 Å². The first-order chi connectivity index (χ1) is 14.5. The smallest absolute Gasteiger partial charge is 0.318 e. The minimum Gasteiger partial charge on any atom is -0.335 e. The number of piperidine rings is 1. The van der Waals surface area contributed by atoms with E-state index in [-0.39, 0.29) is 18.1 Å². The lowest BCUT2D eigenvalue weighted by Gasteiger charge is -2.39. The molecule has 0 unspecified atom stereocenters. The van der Waals surface area contributed by atoms with Crippen molar-refractivity contribution >= 4 is 28.7 Å². The van der Waals surface area contributed by atoms with Gasteiger partial charge in [-0.2, -0.15) is 5.26 Å². The molecule has 2 fully saturated rings. The van der Waals surface area contributed by atoms with Gasteiger partial charge in [0.2, 0.25) is 5.95 Å². The summed E-state index contributed by atoms with van der Waals surface area (Å²) < 4.78 is 2.86. The van der Waals surface area contributed by atoms with E-state index in [0.717, 1.165) is 12.8 Å². The highest BCUT2D eigenvalue weighted by atomic mass is 35.5. The summed E-state index contributed by atoms with van der Waals surface area (Å²) in [6.07, 6.45) is 7.85. The molecule has 152 valence electrons. The summed E-state index contributed by atoms with van der Waals surface area (Å²) >= 11 is 6.08. The molecule has 0 saturated carbocycles. The van der Waals surface area contributed by atoms with Crippen LogP contribution in [0, 0.1) is 11.3 Å². The summed E-state index contributed by atoms with van der Waals surface area (Å²) in [5.41, 5.74) is 0.282. The van der Waals surface area contributed by atoms with Crippen molar-refractivity contribution in [1.82, 2.24) is 24.1 Å². The van der Waals surface area contributed by atoms with Crippen LogP contribution in [0.5, 0.6) is 0 Å². The fraction of sp³-hybridized carbons (Fsp3) is 0.400. The van der Waals surface area contributed by atoms with Gasteiger partial charge in [-0.25, -0.2) is 15.0 Å².